The summed E-state index contributed by atoms with van der Waals surface area (Å²) in [6.07, 6.45) is 2.56. The van der Waals surface area contributed by atoms with Gasteiger partial charge >= 0.3 is 0 Å². The molecule has 1 saturated heterocycles. The summed E-state index contributed by atoms with van der Waals surface area (Å²) in [5.41, 5.74) is 1.89. The van der Waals surface area contributed by atoms with E-state index in [1.54, 1.807) is 0 Å². The minimum Gasteiger partial charge on any atom is -0.355 e. The predicted molar refractivity (Wildman–Crippen MR) is 88.4 cm³/mol. The SMILES string of the molecule is CC1(C)C(=O)NCCN1c1cc(Br)ccc1CNC1CC1. The summed E-state index contributed by atoms with van der Waals surface area (Å²) in [6.45, 7) is 6.37. The number of anilines is 1. The summed E-state index contributed by atoms with van der Waals surface area (Å²) in [7, 11) is 0. The number of halogens is 1. The van der Waals surface area contributed by atoms with Crippen LogP contribution in [0.3, 0.4) is 0 Å². The second-order valence-electron chi connectivity index (χ2n) is 6.39. The van der Waals surface area contributed by atoms with Gasteiger partial charge in [0, 0.05) is 35.8 Å². The molecule has 2 N–H and O–H groups in total. The highest BCUT2D eigenvalue weighted by Gasteiger charge is 2.38. The molecule has 0 bridgehead atoms. The number of carbonyl (C=O) groups is 1. The van der Waals surface area contributed by atoms with Gasteiger partial charge in [-0.05, 0) is 44.4 Å². The Bertz CT molecular complexity index is 554. The highest BCUT2D eigenvalue weighted by Crippen LogP contribution is 2.32. The number of nitrogens with one attached hydrogen (secondary N) is 2. The third kappa shape index (κ3) is 3.09. The molecule has 1 aliphatic carbocycles. The number of piperazine rings is 1. The van der Waals surface area contributed by atoms with Crippen LogP contribution in [0.1, 0.15) is 32.3 Å². The van der Waals surface area contributed by atoms with Crippen molar-refractivity contribution in [3.05, 3.63) is 28.2 Å². The van der Waals surface area contributed by atoms with Gasteiger partial charge in [0.1, 0.15) is 5.54 Å². The van der Waals surface area contributed by atoms with E-state index in [9.17, 15) is 4.79 Å². The van der Waals surface area contributed by atoms with Crippen LogP contribution in [-0.2, 0) is 11.3 Å². The number of rotatable bonds is 4. The topological polar surface area (TPSA) is 44.4 Å². The molecule has 5 heteroatoms. The Labute approximate surface area is 134 Å². The number of amides is 1. The Hall–Kier alpha value is -1.07. The van der Waals surface area contributed by atoms with E-state index < -0.39 is 5.54 Å². The van der Waals surface area contributed by atoms with Gasteiger partial charge in [0.25, 0.3) is 0 Å². The zero-order valence-corrected chi connectivity index (χ0v) is 14.2. The average Bonchev–Trinajstić information content (AvgIpc) is 3.24. The highest BCUT2D eigenvalue weighted by atomic mass is 79.9. The average molecular weight is 352 g/mol. The molecule has 0 unspecified atom stereocenters. The molecule has 1 saturated carbocycles. The standard InChI is InChI=1S/C16H22BrN3O/c1-16(2)15(21)18-7-8-20(16)14-9-12(17)4-3-11(14)10-19-13-5-6-13/h3-4,9,13,19H,5-8,10H2,1-2H3,(H,18,21). The first kappa shape index (κ1) is 14.9. The van der Waals surface area contributed by atoms with E-state index in [1.165, 1.54) is 18.4 Å². The predicted octanol–water partition coefficient (Wildman–Crippen LogP) is 2.42. The van der Waals surface area contributed by atoms with Crippen LogP contribution in [-0.4, -0.2) is 30.6 Å². The maximum atomic E-state index is 12.2. The van der Waals surface area contributed by atoms with Gasteiger partial charge in [0.2, 0.25) is 5.91 Å². The van der Waals surface area contributed by atoms with Crippen LogP contribution >= 0.6 is 15.9 Å². The second kappa shape index (κ2) is 5.61. The van der Waals surface area contributed by atoms with Gasteiger partial charge in [-0.1, -0.05) is 22.0 Å². The fraction of sp³-hybridized carbons (Fsp3) is 0.562. The molecule has 0 aromatic heterocycles. The van der Waals surface area contributed by atoms with Crippen LogP contribution in [0.2, 0.25) is 0 Å². The van der Waals surface area contributed by atoms with Crippen LogP contribution in [0.5, 0.6) is 0 Å². The Morgan fingerprint density at radius 3 is 2.90 bits per heavy atom. The molecule has 1 aromatic carbocycles. The normalized spacial score (nSPS) is 21.3. The lowest BCUT2D eigenvalue weighted by Crippen LogP contribution is -2.62. The van der Waals surface area contributed by atoms with Crippen LogP contribution in [0.25, 0.3) is 0 Å². The first-order valence-electron chi connectivity index (χ1n) is 7.56. The Kier molecular flexibility index (Phi) is 3.97. The summed E-state index contributed by atoms with van der Waals surface area (Å²) >= 11 is 3.56. The van der Waals surface area contributed by atoms with Gasteiger partial charge in [0.15, 0.2) is 0 Å². The molecule has 3 rings (SSSR count). The van der Waals surface area contributed by atoms with E-state index in [0.717, 1.165) is 23.2 Å². The van der Waals surface area contributed by atoms with E-state index in [1.807, 2.05) is 13.8 Å². The molecule has 4 nitrogen and oxygen atoms in total. The zero-order chi connectivity index (χ0) is 15.0. The van der Waals surface area contributed by atoms with Crippen molar-refractivity contribution in [2.24, 2.45) is 0 Å². The molecule has 1 aromatic rings. The van der Waals surface area contributed by atoms with Crippen LogP contribution in [0.4, 0.5) is 5.69 Å². The highest BCUT2D eigenvalue weighted by molar-refractivity contribution is 9.10. The number of nitrogens with zero attached hydrogens (tertiary/aromatic N) is 1. The molecule has 1 amide bonds. The number of benzene rings is 1. The van der Waals surface area contributed by atoms with E-state index >= 15 is 0 Å². The lowest BCUT2D eigenvalue weighted by atomic mass is 9.96. The summed E-state index contributed by atoms with van der Waals surface area (Å²) in [6, 6.07) is 7.03. The molecular formula is C16H22BrN3O. The number of hydrogen-bond donors (Lipinski definition) is 2. The quantitative estimate of drug-likeness (QED) is 0.875. The van der Waals surface area contributed by atoms with Crippen molar-refractivity contribution in [3.8, 4) is 0 Å². The van der Waals surface area contributed by atoms with Crippen molar-refractivity contribution < 1.29 is 4.79 Å². The molecule has 2 fully saturated rings. The smallest absolute Gasteiger partial charge is 0.245 e. The maximum absolute atomic E-state index is 12.2. The van der Waals surface area contributed by atoms with Crippen molar-refractivity contribution in [1.29, 1.82) is 0 Å². The minimum absolute atomic E-state index is 0.0924. The summed E-state index contributed by atoms with van der Waals surface area (Å²) < 4.78 is 1.05. The second-order valence-corrected chi connectivity index (χ2v) is 7.31. The molecule has 2 aliphatic rings. The van der Waals surface area contributed by atoms with Gasteiger partial charge in [-0.3, -0.25) is 4.79 Å². The molecule has 0 radical (unpaired) electrons. The third-order valence-corrected chi connectivity index (χ3v) is 4.84. The molecule has 0 atom stereocenters. The van der Waals surface area contributed by atoms with Crippen molar-refractivity contribution in [1.82, 2.24) is 10.6 Å². The third-order valence-electron chi connectivity index (χ3n) is 4.35. The number of carbonyl (C=O) groups excluding carboxylic acids is 1. The fourth-order valence-corrected chi connectivity index (χ4v) is 3.15. The van der Waals surface area contributed by atoms with Gasteiger partial charge in [0.05, 0.1) is 0 Å². The molecule has 114 valence electrons. The maximum Gasteiger partial charge on any atom is 0.245 e. The van der Waals surface area contributed by atoms with E-state index in [4.69, 9.17) is 0 Å². The summed E-state index contributed by atoms with van der Waals surface area (Å²) in [4.78, 5) is 14.4. The van der Waals surface area contributed by atoms with Crippen molar-refractivity contribution >= 4 is 27.5 Å². The van der Waals surface area contributed by atoms with Gasteiger partial charge in [-0.15, -0.1) is 0 Å². The monoisotopic (exact) mass is 351 g/mol. The Balaban J connectivity index is 1.91. The van der Waals surface area contributed by atoms with Crippen LogP contribution < -0.4 is 15.5 Å². The first-order valence-corrected chi connectivity index (χ1v) is 8.35. The van der Waals surface area contributed by atoms with E-state index in [-0.39, 0.29) is 5.91 Å². The molecule has 1 aliphatic heterocycles. The van der Waals surface area contributed by atoms with Gasteiger partial charge in [-0.25, -0.2) is 0 Å². The largest absolute Gasteiger partial charge is 0.355 e. The van der Waals surface area contributed by atoms with Crippen molar-refractivity contribution in [2.75, 3.05) is 18.0 Å². The molecule has 21 heavy (non-hydrogen) atoms. The summed E-state index contributed by atoms with van der Waals surface area (Å²) in [5.74, 6) is 0.0924. The zero-order valence-electron chi connectivity index (χ0n) is 12.6. The van der Waals surface area contributed by atoms with Gasteiger partial charge in [-0.2, -0.15) is 0 Å². The minimum atomic E-state index is -0.520. The molecule has 0 spiro atoms. The fourth-order valence-electron chi connectivity index (χ4n) is 2.80. The van der Waals surface area contributed by atoms with E-state index in [2.05, 4.69) is 49.7 Å². The lowest BCUT2D eigenvalue weighted by molar-refractivity contribution is -0.126. The first-order chi connectivity index (χ1) is 9.98. The van der Waals surface area contributed by atoms with Gasteiger partial charge < -0.3 is 15.5 Å². The van der Waals surface area contributed by atoms with E-state index in [0.29, 0.717) is 12.6 Å². The van der Waals surface area contributed by atoms with Crippen LogP contribution in [0.15, 0.2) is 22.7 Å². The molecular weight excluding hydrogens is 330 g/mol. The molecule has 1 heterocycles. The van der Waals surface area contributed by atoms with Crippen molar-refractivity contribution in [2.45, 2.75) is 44.8 Å². The van der Waals surface area contributed by atoms with Crippen LogP contribution in [0, 0.1) is 0 Å². The van der Waals surface area contributed by atoms with Crippen molar-refractivity contribution in [3.63, 3.8) is 0 Å². The summed E-state index contributed by atoms with van der Waals surface area (Å²) in [5, 5.41) is 6.53. The lowest BCUT2D eigenvalue weighted by Gasteiger charge is -2.43. The Morgan fingerprint density at radius 1 is 1.43 bits per heavy atom. The number of hydrogen-bond acceptors (Lipinski definition) is 3. The Morgan fingerprint density at radius 2 is 2.19 bits per heavy atom.